The van der Waals surface area contributed by atoms with E-state index in [2.05, 4.69) is 39.0 Å². The van der Waals surface area contributed by atoms with Crippen LogP contribution in [0.25, 0.3) is 0 Å². The monoisotopic (exact) mass is 221 g/mol. The molecular weight excluding hydrogens is 198 g/mol. The Morgan fingerprint density at radius 3 is 2.62 bits per heavy atom. The van der Waals surface area contributed by atoms with E-state index in [1.807, 2.05) is 6.07 Å². The molecule has 1 aromatic carbocycles. The maximum absolute atomic E-state index is 5.85. The molecule has 2 nitrogen and oxygen atoms in total. The van der Waals surface area contributed by atoms with Gasteiger partial charge in [0.1, 0.15) is 5.75 Å². The van der Waals surface area contributed by atoms with Crippen molar-refractivity contribution in [1.29, 1.82) is 0 Å². The lowest BCUT2D eigenvalue weighted by atomic mass is 10.0. The zero-order valence-corrected chi connectivity index (χ0v) is 10.6. The van der Waals surface area contributed by atoms with E-state index in [1.165, 1.54) is 5.56 Å². The van der Waals surface area contributed by atoms with E-state index in [-0.39, 0.29) is 6.10 Å². The van der Waals surface area contributed by atoms with Crippen LogP contribution >= 0.6 is 0 Å². The van der Waals surface area contributed by atoms with E-state index < -0.39 is 0 Å². The third-order valence-electron chi connectivity index (χ3n) is 2.68. The van der Waals surface area contributed by atoms with Gasteiger partial charge in [0.25, 0.3) is 0 Å². The Labute approximate surface area is 98.8 Å². The fourth-order valence-electron chi connectivity index (χ4n) is 1.64. The summed E-state index contributed by atoms with van der Waals surface area (Å²) in [6, 6.07) is 8.34. The molecule has 0 fully saturated rings. The minimum Gasteiger partial charge on any atom is -0.491 e. The minimum atomic E-state index is 0.242. The zero-order chi connectivity index (χ0) is 12.0. The molecule has 0 aliphatic carbocycles. The molecule has 0 saturated heterocycles. The smallest absolute Gasteiger partial charge is 0.119 e. The average molecular weight is 221 g/mol. The van der Waals surface area contributed by atoms with Crippen LogP contribution in [0.15, 0.2) is 24.3 Å². The van der Waals surface area contributed by atoms with E-state index >= 15 is 0 Å². The van der Waals surface area contributed by atoms with E-state index in [4.69, 9.17) is 10.5 Å². The van der Waals surface area contributed by atoms with Gasteiger partial charge in [-0.15, -0.1) is 0 Å². The third-order valence-corrected chi connectivity index (χ3v) is 2.68. The van der Waals surface area contributed by atoms with E-state index in [1.54, 1.807) is 0 Å². The number of nitrogens with two attached hydrogens (primary N) is 1. The molecule has 0 spiro atoms. The van der Waals surface area contributed by atoms with Gasteiger partial charge in [-0.25, -0.2) is 0 Å². The highest BCUT2D eigenvalue weighted by atomic mass is 16.5. The lowest BCUT2D eigenvalue weighted by molar-refractivity contribution is 0.208. The van der Waals surface area contributed by atoms with Crippen molar-refractivity contribution in [3.63, 3.8) is 0 Å². The Morgan fingerprint density at radius 1 is 1.25 bits per heavy atom. The first-order chi connectivity index (χ1) is 7.63. The van der Waals surface area contributed by atoms with Gasteiger partial charge in [-0.05, 0) is 49.9 Å². The van der Waals surface area contributed by atoms with Gasteiger partial charge in [-0.3, -0.25) is 0 Å². The molecule has 0 bridgehead atoms. The summed E-state index contributed by atoms with van der Waals surface area (Å²) in [5.74, 6) is 1.51. The predicted octanol–water partition coefficient (Wildman–Crippen LogP) is 3.32. The Kier molecular flexibility index (Phi) is 5.33. The summed E-state index contributed by atoms with van der Waals surface area (Å²) in [5.41, 5.74) is 6.80. The van der Waals surface area contributed by atoms with Gasteiger partial charge in [0.2, 0.25) is 0 Å². The molecule has 1 rings (SSSR count). The predicted molar refractivity (Wildman–Crippen MR) is 68.9 cm³/mol. The molecule has 0 aliphatic heterocycles. The second-order valence-electron chi connectivity index (χ2n) is 4.59. The molecule has 2 heteroatoms. The van der Waals surface area contributed by atoms with Gasteiger partial charge in [0.15, 0.2) is 0 Å². The van der Waals surface area contributed by atoms with Crippen molar-refractivity contribution in [3.8, 4) is 5.75 Å². The lowest BCUT2D eigenvalue weighted by Gasteiger charge is -2.15. The van der Waals surface area contributed by atoms with Crippen molar-refractivity contribution < 1.29 is 4.74 Å². The van der Waals surface area contributed by atoms with Crippen molar-refractivity contribution in [2.24, 2.45) is 5.73 Å². The van der Waals surface area contributed by atoms with Gasteiger partial charge in [-0.2, -0.15) is 0 Å². The highest BCUT2D eigenvalue weighted by Crippen LogP contribution is 2.21. The van der Waals surface area contributed by atoms with Gasteiger partial charge in [0.05, 0.1) is 6.10 Å². The summed E-state index contributed by atoms with van der Waals surface area (Å²) in [5, 5.41) is 0. The first kappa shape index (κ1) is 13.0. The van der Waals surface area contributed by atoms with Crippen LogP contribution in [0, 0.1) is 0 Å². The summed E-state index contributed by atoms with van der Waals surface area (Å²) >= 11 is 0. The molecule has 0 radical (unpaired) electrons. The molecule has 90 valence electrons. The number of hydrogen-bond donors (Lipinski definition) is 1. The summed E-state index contributed by atoms with van der Waals surface area (Å²) < 4.78 is 5.85. The summed E-state index contributed by atoms with van der Waals surface area (Å²) in [6.07, 6.45) is 2.28. The van der Waals surface area contributed by atoms with Gasteiger partial charge in [0, 0.05) is 0 Å². The molecule has 0 aliphatic rings. The largest absolute Gasteiger partial charge is 0.491 e. The third kappa shape index (κ3) is 4.23. The molecule has 0 heterocycles. The highest BCUT2D eigenvalue weighted by Gasteiger charge is 2.05. The second-order valence-corrected chi connectivity index (χ2v) is 4.59. The number of rotatable bonds is 6. The molecule has 16 heavy (non-hydrogen) atoms. The van der Waals surface area contributed by atoms with Crippen LogP contribution in [-0.4, -0.2) is 12.6 Å². The molecule has 2 N–H and O–H groups in total. The summed E-state index contributed by atoms with van der Waals surface area (Å²) in [6.45, 7) is 7.21. The fourth-order valence-corrected chi connectivity index (χ4v) is 1.64. The van der Waals surface area contributed by atoms with Crippen molar-refractivity contribution in [2.45, 2.75) is 45.6 Å². The molecule has 1 unspecified atom stereocenters. The Bertz CT molecular complexity index is 309. The average Bonchev–Trinajstić information content (AvgIpc) is 2.26. The Balaban J connectivity index is 2.56. The van der Waals surface area contributed by atoms with E-state index in [0.29, 0.717) is 5.92 Å². The lowest BCUT2D eigenvalue weighted by Crippen LogP contribution is -2.14. The van der Waals surface area contributed by atoms with Crippen LogP contribution in [0.5, 0.6) is 5.75 Å². The van der Waals surface area contributed by atoms with Gasteiger partial charge < -0.3 is 10.5 Å². The molecule has 0 saturated carbocycles. The number of hydrogen-bond acceptors (Lipinski definition) is 2. The van der Waals surface area contributed by atoms with Crippen LogP contribution in [0.3, 0.4) is 0 Å². The van der Waals surface area contributed by atoms with Crippen LogP contribution in [0.2, 0.25) is 0 Å². The first-order valence-electron chi connectivity index (χ1n) is 6.10. The SMILES string of the molecule is CC(CCCN)Oc1cccc(C(C)C)c1. The second kappa shape index (κ2) is 6.54. The molecule has 1 aromatic rings. The highest BCUT2D eigenvalue weighted by molar-refractivity contribution is 5.30. The fraction of sp³-hybridized carbons (Fsp3) is 0.571. The van der Waals surface area contributed by atoms with Crippen LogP contribution < -0.4 is 10.5 Å². The minimum absolute atomic E-state index is 0.242. The molecular formula is C14H23NO. The number of benzene rings is 1. The van der Waals surface area contributed by atoms with Crippen molar-refractivity contribution in [3.05, 3.63) is 29.8 Å². The topological polar surface area (TPSA) is 35.2 Å². The molecule has 1 atom stereocenters. The van der Waals surface area contributed by atoms with Gasteiger partial charge in [-0.1, -0.05) is 26.0 Å². The van der Waals surface area contributed by atoms with E-state index in [9.17, 15) is 0 Å². The number of ether oxygens (including phenoxy) is 1. The van der Waals surface area contributed by atoms with Crippen molar-refractivity contribution in [2.75, 3.05) is 6.54 Å². The maximum Gasteiger partial charge on any atom is 0.119 e. The van der Waals surface area contributed by atoms with Crippen molar-refractivity contribution >= 4 is 0 Å². The first-order valence-corrected chi connectivity index (χ1v) is 6.10. The standard InChI is InChI=1S/C14H23NO/c1-11(2)13-7-4-8-14(10-13)16-12(3)6-5-9-15/h4,7-8,10-12H,5-6,9,15H2,1-3H3. The van der Waals surface area contributed by atoms with Crippen LogP contribution in [0.1, 0.15) is 45.1 Å². The molecule has 0 aromatic heterocycles. The molecule has 0 amide bonds. The Hall–Kier alpha value is -1.02. The quantitative estimate of drug-likeness (QED) is 0.799. The maximum atomic E-state index is 5.85. The zero-order valence-electron chi connectivity index (χ0n) is 10.6. The van der Waals surface area contributed by atoms with Crippen molar-refractivity contribution in [1.82, 2.24) is 0 Å². The normalized spacial score (nSPS) is 12.8. The van der Waals surface area contributed by atoms with Crippen LogP contribution in [0.4, 0.5) is 0 Å². The van der Waals surface area contributed by atoms with Gasteiger partial charge >= 0.3 is 0 Å². The van der Waals surface area contributed by atoms with Crippen LogP contribution in [-0.2, 0) is 0 Å². The Morgan fingerprint density at radius 2 is 2.00 bits per heavy atom. The summed E-state index contributed by atoms with van der Waals surface area (Å²) in [7, 11) is 0. The van der Waals surface area contributed by atoms with E-state index in [0.717, 1.165) is 25.1 Å². The summed E-state index contributed by atoms with van der Waals surface area (Å²) in [4.78, 5) is 0.